The molecule has 1 aromatic rings. The van der Waals surface area contributed by atoms with Crippen molar-refractivity contribution in [2.75, 3.05) is 0 Å². The van der Waals surface area contributed by atoms with Gasteiger partial charge in [0.15, 0.2) is 6.10 Å². The van der Waals surface area contributed by atoms with Crippen LogP contribution in [-0.4, -0.2) is 21.9 Å². The van der Waals surface area contributed by atoms with Crippen molar-refractivity contribution in [3.63, 3.8) is 0 Å². The highest BCUT2D eigenvalue weighted by molar-refractivity contribution is 5.91. The average Bonchev–Trinajstić information content (AvgIpc) is 2.38. The third kappa shape index (κ3) is 3.78. The number of benzene rings is 1. The summed E-state index contributed by atoms with van der Waals surface area (Å²) in [4.78, 5) is 31.5. The molecule has 1 aromatic carbocycles. The Morgan fingerprint density at radius 1 is 1.20 bits per heavy atom. The third-order valence-electron chi connectivity index (χ3n) is 2.19. The molecule has 0 unspecified atom stereocenters. The van der Waals surface area contributed by atoms with Gasteiger partial charge in [0, 0.05) is 12.1 Å². The minimum absolute atomic E-state index is 0.268. The minimum Gasteiger partial charge on any atom is -0.446 e. The Kier molecular flexibility index (Phi) is 4.75. The van der Waals surface area contributed by atoms with Crippen molar-refractivity contribution in [2.24, 2.45) is 0 Å². The Hall–Kier alpha value is -2.95. The molecule has 0 aliphatic rings. The Morgan fingerprint density at radius 3 is 2.10 bits per heavy atom. The number of hydrogen-bond donors (Lipinski definition) is 0. The molecule has 0 fully saturated rings. The highest BCUT2D eigenvalue weighted by Gasteiger charge is 2.21. The Bertz CT molecular complexity index is 596. The molecule has 20 heavy (non-hydrogen) atoms. The first kappa shape index (κ1) is 15.1. The number of carbonyl (C=O) groups excluding carboxylic acids is 1. The van der Waals surface area contributed by atoms with Crippen molar-refractivity contribution in [1.29, 1.82) is 0 Å². The molecule has 1 atom stereocenters. The van der Waals surface area contributed by atoms with Crippen molar-refractivity contribution >= 4 is 17.3 Å². The maximum Gasteiger partial charge on any atom is 0.339 e. The zero-order valence-electron chi connectivity index (χ0n) is 10.7. The summed E-state index contributed by atoms with van der Waals surface area (Å²) in [5.41, 5.74) is -1.38. The van der Waals surface area contributed by atoms with Gasteiger partial charge in [0.25, 0.3) is 11.4 Å². The first-order valence-corrected chi connectivity index (χ1v) is 5.42. The average molecular weight is 278 g/mol. The van der Waals surface area contributed by atoms with Gasteiger partial charge in [0.1, 0.15) is 0 Å². The van der Waals surface area contributed by atoms with E-state index >= 15 is 0 Å². The summed E-state index contributed by atoms with van der Waals surface area (Å²) >= 11 is 0. The van der Waals surface area contributed by atoms with Gasteiger partial charge in [0.05, 0.1) is 21.5 Å². The van der Waals surface area contributed by atoms with Crippen LogP contribution in [0.5, 0.6) is 0 Å². The molecule has 0 bridgehead atoms. The van der Waals surface area contributed by atoms with Crippen molar-refractivity contribution in [1.82, 2.24) is 0 Å². The van der Waals surface area contributed by atoms with Gasteiger partial charge in [-0.25, -0.2) is 4.79 Å². The number of nitro groups is 2. The maximum absolute atomic E-state index is 11.7. The second-order valence-electron chi connectivity index (χ2n) is 3.69. The fourth-order valence-electron chi connectivity index (χ4n) is 1.39. The van der Waals surface area contributed by atoms with Crippen molar-refractivity contribution in [3.8, 4) is 11.8 Å². The Balaban J connectivity index is 3.15. The smallest absolute Gasteiger partial charge is 0.339 e. The molecule has 0 saturated carbocycles. The lowest BCUT2D eigenvalue weighted by Gasteiger charge is -2.07. The second-order valence-corrected chi connectivity index (χ2v) is 3.69. The number of nitro benzene ring substituents is 2. The molecular weight excluding hydrogens is 268 g/mol. The van der Waals surface area contributed by atoms with Crippen LogP contribution in [-0.2, 0) is 4.74 Å². The molecule has 0 aliphatic carbocycles. The summed E-state index contributed by atoms with van der Waals surface area (Å²) in [6, 6.07) is 2.61. The maximum atomic E-state index is 11.7. The van der Waals surface area contributed by atoms with E-state index in [2.05, 4.69) is 11.8 Å². The molecule has 0 radical (unpaired) electrons. The van der Waals surface area contributed by atoms with E-state index in [0.717, 1.165) is 18.2 Å². The van der Waals surface area contributed by atoms with Crippen molar-refractivity contribution < 1.29 is 19.4 Å². The lowest BCUT2D eigenvalue weighted by molar-refractivity contribution is -0.394. The Labute approximate surface area is 113 Å². The summed E-state index contributed by atoms with van der Waals surface area (Å²) < 4.78 is 4.89. The molecule has 0 saturated heterocycles. The summed E-state index contributed by atoms with van der Waals surface area (Å²) in [6.07, 6.45) is -0.717. The van der Waals surface area contributed by atoms with Crippen LogP contribution in [0.1, 0.15) is 24.2 Å². The monoisotopic (exact) mass is 278 g/mol. The van der Waals surface area contributed by atoms with E-state index < -0.39 is 33.3 Å². The zero-order chi connectivity index (χ0) is 15.3. The molecule has 0 heterocycles. The van der Waals surface area contributed by atoms with Crippen molar-refractivity contribution in [2.45, 2.75) is 20.0 Å². The molecule has 8 nitrogen and oxygen atoms in total. The van der Waals surface area contributed by atoms with Crippen LogP contribution in [0.4, 0.5) is 11.4 Å². The highest BCUT2D eigenvalue weighted by atomic mass is 16.6. The number of hydrogen-bond acceptors (Lipinski definition) is 6. The van der Waals surface area contributed by atoms with Gasteiger partial charge in [-0.3, -0.25) is 20.2 Å². The third-order valence-corrected chi connectivity index (χ3v) is 2.19. The van der Waals surface area contributed by atoms with Gasteiger partial charge in [-0.2, -0.15) is 0 Å². The van der Waals surface area contributed by atoms with Crippen LogP contribution in [0.15, 0.2) is 18.2 Å². The van der Waals surface area contributed by atoms with E-state index in [9.17, 15) is 25.0 Å². The lowest BCUT2D eigenvalue weighted by Crippen LogP contribution is -2.13. The summed E-state index contributed by atoms with van der Waals surface area (Å²) in [6.45, 7) is 3.07. The molecule has 0 amide bonds. The normalized spacial score (nSPS) is 10.9. The fraction of sp³-hybridized carbons (Fsp3) is 0.250. The largest absolute Gasteiger partial charge is 0.446 e. The van der Waals surface area contributed by atoms with Gasteiger partial charge >= 0.3 is 5.97 Å². The number of rotatable bonds is 4. The minimum atomic E-state index is -0.910. The van der Waals surface area contributed by atoms with Crippen LogP contribution < -0.4 is 0 Å². The van der Waals surface area contributed by atoms with Gasteiger partial charge in [-0.15, -0.1) is 5.92 Å². The molecule has 0 aliphatic heterocycles. The summed E-state index contributed by atoms with van der Waals surface area (Å²) in [5, 5.41) is 21.4. The molecular formula is C12H10N2O6. The molecule has 0 spiro atoms. The van der Waals surface area contributed by atoms with Crippen LogP contribution in [0.2, 0.25) is 0 Å². The predicted molar refractivity (Wildman–Crippen MR) is 68.1 cm³/mol. The number of esters is 1. The van der Waals surface area contributed by atoms with Crippen LogP contribution in [0.3, 0.4) is 0 Å². The highest BCUT2D eigenvalue weighted by Crippen LogP contribution is 2.23. The Morgan fingerprint density at radius 2 is 1.70 bits per heavy atom. The first-order chi connectivity index (χ1) is 9.35. The van der Waals surface area contributed by atoms with E-state index in [1.165, 1.54) is 6.92 Å². The van der Waals surface area contributed by atoms with E-state index in [0.29, 0.717) is 0 Å². The van der Waals surface area contributed by atoms with E-state index in [4.69, 9.17) is 4.74 Å². The zero-order valence-corrected chi connectivity index (χ0v) is 10.7. The van der Waals surface area contributed by atoms with E-state index in [-0.39, 0.29) is 5.56 Å². The van der Waals surface area contributed by atoms with Crippen molar-refractivity contribution in [3.05, 3.63) is 44.0 Å². The number of carbonyl (C=O) groups is 1. The SMILES string of the molecule is CC#C[C@H](C)OC(=O)c1cc([N+](=O)[O-])cc([N+](=O)[O-])c1. The number of nitrogens with zero attached hydrogens (tertiary/aromatic N) is 2. The second kappa shape index (κ2) is 6.29. The van der Waals surface area contributed by atoms with E-state index in [1.54, 1.807) is 6.92 Å². The van der Waals surface area contributed by atoms with Crippen LogP contribution >= 0.6 is 0 Å². The number of non-ortho nitro benzene ring substituents is 2. The van der Waals surface area contributed by atoms with Crippen LogP contribution in [0.25, 0.3) is 0 Å². The topological polar surface area (TPSA) is 113 Å². The molecule has 104 valence electrons. The summed E-state index contributed by atoms with van der Waals surface area (Å²) in [5.74, 6) is 4.19. The molecule has 0 aromatic heterocycles. The number of ether oxygens (including phenoxy) is 1. The standard InChI is InChI=1S/C12H10N2O6/c1-3-4-8(2)20-12(15)9-5-10(13(16)17)7-11(6-9)14(18)19/h5-8H,1-2H3/t8-/m0/s1. The lowest BCUT2D eigenvalue weighted by atomic mass is 10.1. The van der Waals surface area contributed by atoms with Crippen LogP contribution in [0, 0.1) is 32.1 Å². The van der Waals surface area contributed by atoms with E-state index in [1.807, 2.05) is 0 Å². The molecule has 0 N–H and O–H groups in total. The van der Waals surface area contributed by atoms with Gasteiger partial charge < -0.3 is 4.74 Å². The first-order valence-electron chi connectivity index (χ1n) is 5.42. The quantitative estimate of drug-likeness (QED) is 0.360. The fourth-order valence-corrected chi connectivity index (χ4v) is 1.39. The summed E-state index contributed by atoms with van der Waals surface area (Å²) in [7, 11) is 0. The van der Waals surface area contributed by atoms with Gasteiger partial charge in [0.2, 0.25) is 0 Å². The predicted octanol–water partition coefficient (Wildman–Crippen LogP) is 2.07. The molecule has 8 heteroatoms. The molecule has 1 rings (SSSR count). The van der Waals surface area contributed by atoms with Gasteiger partial charge in [-0.05, 0) is 13.8 Å². The van der Waals surface area contributed by atoms with Gasteiger partial charge in [-0.1, -0.05) is 5.92 Å².